The van der Waals surface area contributed by atoms with Crippen molar-refractivity contribution in [2.24, 2.45) is 5.41 Å². The minimum Gasteiger partial charge on any atom is -0.490 e. The van der Waals surface area contributed by atoms with Crippen molar-refractivity contribution in [3.05, 3.63) is 69.9 Å². The van der Waals surface area contributed by atoms with Crippen molar-refractivity contribution in [1.82, 2.24) is 25.1 Å². The number of aryl methyl sites for hydroxylation is 1. The van der Waals surface area contributed by atoms with Gasteiger partial charge in [-0.3, -0.25) is 19.4 Å². The minimum absolute atomic E-state index is 0.0115. The number of nitrogens with one attached hydrogen (secondary N) is 1. The summed E-state index contributed by atoms with van der Waals surface area (Å²) in [4.78, 5) is 52.2. The molecule has 1 saturated heterocycles. The molecule has 42 heavy (non-hydrogen) atoms. The number of pyridine rings is 1. The van der Waals surface area contributed by atoms with Crippen LogP contribution in [0.1, 0.15) is 52.3 Å². The molecule has 7 rings (SSSR count). The molecule has 3 amide bonds. The molecule has 1 aromatic carbocycles. The average Bonchev–Trinajstić information content (AvgIpc) is 3.63. The molecule has 4 aliphatic heterocycles. The lowest BCUT2D eigenvalue weighted by Crippen LogP contribution is -2.50. The molecule has 1 fully saturated rings. The van der Waals surface area contributed by atoms with E-state index in [2.05, 4.69) is 22.2 Å². The lowest BCUT2D eigenvalue weighted by Gasteiger charge is -2.40. The van der Waals surface area contributed by atoms with Gasteiger partial charge in [-0.1, -0.05) is 25.1 Å². The number of carbonyl (C=O) groups excluding carboxylic acids is 3. The number of fused-ring (bicyclic) bond motifs is 9. The van der Waals surface area contributed by atoms with E-state index in [0.29, 0.717) is 63.0 Å². The Bertz CT molecular complexity index is 1460. The number of likely N-dealkylation sites (tertiary alicyclic amines) is 1. The number of thiazole rings is 1. The summed E-state index contributed by atoms with van der Waals surface area (Å²) >= 11 is 1.47. The maximum absolute atomic E-state index is 13.4. The highest BCUT2D eigenvalue weighted by Gasteiger charge is 2.53. The van der Waals surface area contributed by atoms with Crippen LogP contribution >= 0.6 is 11.3 Å². The Balaban J connectivity index is 1.25. The zero-order valence-corrected chi connectivity index (χ0v) is 24.5. The Morgan fingerprint density at radius 2 is 2.10 bits per heavy atom. The molecule has 6 heterocycles. The third-order valence-corrected chi connectivity index (χ3v) is 9.20. The molecular formula is C31H35N5O5S. The quantitative estimate of drug-likeness (QED) is 0.487. The van der Waals surface area contributed by atoms with Crippen LogP contribution < -0.4 is 14.8 Å². The normalized spacial score (nSPS) is 22.0. The Kier molecular flexibility index (Phi) is 8.10. The summed E-state index contributed by atoms with van der Waals surface area (Å²) in [7, 11) is 0. The van der Waals surface area contributed by atoms with Crippen LogP contribution in [-0.4, -0.2) is 83.4 Å². The van der Waals surface area contributed by atoms with E-state index in [-0.39, 0.29) is 36.6 Å². The van der Waals surface area contributed by atoms with Crippen LogP contribution in [0.4, 0.5) is 0 Å². The summed E-state index contributed by atoms with van der Waals surface area (Å²) in [5, 5.41) is 5.79. The molecular weight excluding hydrogens is 554 g/mol. The highest BCUT2D eigenvalue weighted by atomic mass is 32.1. The largest absolute Gasteiger partial charge is 0.490 e. The van der Waals surface area contributed by atoms with Gasteiger partial charge in [0.1, 0.15) is 5.69 Å². The SMILES string of the molecule is CCCc1nc(C(=O)N2CCCOc3cccc4c3OC[C@@]3(CNC(=O)C2)CN(C(=O)Cc2cccnc2)C[C@@H]43)cs1. The number of nitrogens with zero attached hydrogens (tertiary/aromatic N) is 4. The third kappa shape index (κ3) is 5.70. The number of carbonyl (C=O) groups is 3. The van der Waals surface area contributed by atoms with Gasteiger partial charge >= 0.3 is 0 Å². The number of benzene rings is 1. The number of rotatable bonds is 5. The minimum atomic E-state index is -0.519. The van der Waals surface area contributed by atoms with E-state index in [1.54, 1.807) is 22.7 Å². The van der Waals surface area contributed by atoms with E-state index in [0.717, 1.165) is 29.0 Å². The fraction of sp³-hybridized carbons (Fsp3) is 0.452. The van der Waals surface area contributed by atoms with Crippen molar-refractivity contribution >= 4 is 29.1 Å². The molecule has 0 saturated carbocycles. The Hall–Kier alpha value is -3.99. The van der Waals surface area contributed by atoms with E-state index in [1.807, 2.05) is 35.2 Å². The molecule has 0 aliphatic carbocycles. The molecule has 4 bridgehead atoms. The van der Waals surface area contributed by atoms with Crippen LogP contribution in [0.5, 0.6) is 11.5 Å². The summed E-state index contributed by atoms with van der Waals surface area (Å²) < 4.78 is 12.5. The first-order valence-corrected chi connectivity index (χ1v) is 15.4. The van der Waals surface area contributed by atoms with Gasteiger partial charge in [-0.2, -0.15) is 0 Å². The van der Waals surface area contributed by atoms with Crippen LogP contribution in [0.2, 0.25) is 0 Å². The predicted molar refractivity (Wildman–Crippen MR) is 157 cm³/mol. The number of ether oxygens (including phenoxy) is 2. The van der Waals surface area contributed by atoms with E-state index >= 15 is 0 Å². The predicted octanol–water partition coefficient (Wildman–Crippen LogP) is 3.08. The van der Waals surface area contributed by atoms with Crippen LogP contribution in [0.3, 0.4) is 0 Å². The lowest BCUT2D eigenvalue weighted by atomic mass is 9.73. The average molecular weight is 590 g/mol. The number of aromatic nitrogens is 2. The van der Waals surface area contributed by atoms with Crippen molar-refractivity contribution in [2.75, 3.05) is 45.9 Å². The zero-order valence-electron chi connectivity index (χ0n) is 23.7. The van der Waals surface area contributed by atoms with E-state index in [9.17, 15) is 14.4 Å². The highest BCUT2D eigenvalue weighted by Crippen LogP contribution is 2.52. The first-order valence-electron chi connectivity index (χ1n) is 14.5. The first kappa shape index (κ1) is 28.1. The zero-order chi connectivity index (χ0) is 29.1. The first-order chi connectivity index (χ1) is 20.5. The molecule has 0 radical (unpaired) electrons. The fourth-order valence-electron chi connectivity index (χ4n) is 6.14. The second-order valence-corrected chi connectivity index (χ2v) is 12.2. The van der Waals surface area contributed by atoms with Crippen LogP contribution in [0, 0.1) is 5.41 Å². The fourth-order valence-corrected chi connectivity index (χ4v) is 7.01. The monoisotopic (exact) mass is 589 g/mol. The van der Waals surface area contributed by atoms with Crippen LogP contribution in [0.25, 0.3) is 0 Å². The summed E-state index contributed by atoms with van der Waals surface area (Å²) in [5.74, 6) is 0.812. The molecule has 10 nitrogen and oxygen atoms in total. The standard InChI is InChI=1S/C31H35N5O5S/c1-2-6-27-34-24(17-42-27)30(39)35-11-5-12-40-25-9-3-8-22-23-15-36(28(38)13-21-7-4-10-32-14-21)19-31(23,20-41-29(22)25)18-33-26(37)16-35/h3-4,7-10,14,17,23H,2,5-6,11-13,15-16,18-20H2,1H3,(H,33,37)/t23-,31+/m0/s1. The van der Waals surface area contributed by atoms with E-state index < -0.39 is 5.41 Å². The Morgan fingerprint density at radius 1 is 1.19 bits per heavy atom. The Morgan fingerprint density at radius 3 is 2.93 bits per heavy atom. The topological polar surface area (TPSA) is 114 Å². The summed E-state index contributed by atoms with van der Waals surface area (Å²) in [6.45, 7) is 4.32. The van der Waals surface area contributed by atoms with Crippen molar-refractivity contribution in [1.29, 1.82) is 0 Å². The highest BCUT2D eigenvalue weighted by molar-refractivity contribution is 7.09. The molecule has 2 aromatic heterocycles. The second kappa shape index (κ2) is 12.1. The molecule has 2 atom stereocenters. The van der Waals surface area contributed by atoms with Gasteiger partial charge in [0.15, 0.2) is 11.5 Å². The molecule has 1 N–H and O–H groups in total. The summed E-state index contributed by atoms with van der Waals surface area (Å²) in [5.41, 5.74) is 1.70. The molecule has 4 aliphatic rings. The smallest absolute Gasteiger partial charge is 0.273 e. The van der Waals surface area contributed by atoms with E-state index in [4.69, 9.17) is 9.47 Å². The maximum atomic E-state index is 13.4. The number of hydrogen-bond acceptors (Lipinski definition) is 8. The van der Waals surface area contributed by atoms with Gasteiger partial charge in [0.2, 0.25) is 11.8 Å². The van der Waals surface area contributed by atoms with Crippen molar-refractivity contribution < 1.29 is 23.9 Å². The van der Waals surface area contributed by atoms with Gasteiger partial charge in [-0.25, -0.2) is 4.98 Å². The van der Waals surface area contributed by atoms with Gasteiger partial charge in [-0.15, -0.1) is 11.3 Å². The lowest BCUT2D eigenvalue weighted by molar-refractivity contribution is -0.129. The van der Waals surface area contributed by atoms with Gasteiger partial charge in [0.05, 0.1) is 31.2 Å². The summed E-state index contributed by atoms with van der Waals surface area (Å²) in [6.07, 6.45) is 5.97. The van der Waals surface area contributed by atoms with E-state index in [1.165, 1.54) is 11.3 Å². The molecule has 11 heteroatoms. The number of amides is 3. The summed E-state index contributed by atoms with van der Waals surface area (Å²) in [6, 6.07) is 9.60. The molecule has 0 unspecified atom stereocenters. The van der Waals surface area contributed by atoms with Crippen LogP contribution in [-0.2, 0) is 22.4 Å². The Labute approximate surface area is 249 Å². The maximum Gasteiger partial charge on any atom is 0.273 e. The van der Waals surface area contributed by atoms with Crippen molar-refractivity contribution in [3.63, 3.8) is 0 Å². The van der Waals surface area contributed by atoms with Crippen molar-refractivity contribution in [3.8, 4) is 11.5 Å². The van der Waals surface area contributed by atoms with Crippen molar-refractivity contribution in [2.45, 2.75) is 38.5 Å². The second-order valence-electron chi connectivity index (χ2n) is 11.3. The van der Waals surface area contributed by atoms with Crippen LogP contribution in [0.15, 0.2) is 48.1 Å². The molecule has 1 spiro atoms. The molecule has 220 valence electrons. The van der Waals surface area contributed by atoms with Gasteiger partial charge < -0.3 is 24.6 Å². The third-order valence-electron chi connectivity index (χ3n) is 8.29. The molecule has 3 aromatic rings. The van der Waals surface area contributed by atoms with Gasteiger partial charge in [0.25, 0.3) is 5.91 Å². The van der Waals surface area contributed by atoms with Gasteiger partial charge in [0, 0.05) is 60.8 Å². The van der Waals surface area contributed by atoms with Gasteiger partial charge in [-0.05, 0) is 37.0 Å². The number of hydrogen-bond donors (Lipinski definition) is 1. The number of para-hydroxylation sites is 1.